The fourth-order valence-corrected chi connectivity index (χ4v) is 5.82. The van der Waals surface area contributed by atoms with Crippen molar-refractivity contribution in [3.63, 3.8) is 0 Å². The second-order valence-electron chi connectivity index (χ2n) is 9.78. The molecule has 0 amide bonds. The maximum absolute atomic E-state index is 3.95. The molecule has 0 unspecified atom stereocenters. The lowest BCUT2D eigenvalue weighted by atomic mass is 9.83. The summed E-state index contributed by atoms with van der Waals surface area (Å²) in [6.45, 7) is 3.95. The van der Waals surface area contributed by atoms with Gasteiger partial charge >= 0.3 is 0 Å². The molecule has 7 aromatic rings. The first-order valence-electron chi connectivity index (χ1n) is 13.1. The van der Waals surface area contributed by atoms with Gasteiger partial charge in [-0.05, 0) is 83.4 Å². The highest BCUT2D eigenvalue weighted by Gasteiger charge is 2.19. The first-order valence-corrected chi connectivity index (χ1v) is 13.1. The summed E-state index contributed by atoms with van der Waals surface area (Å²) in [6, 6.07) is 50.6. The highest BCUT2D eigenvalue weighted by atomic mass is 14.2. The van der Waals surface area contributed by atoms with E-state index in [9.17, 15) is 0 Å². The van der Waals surface area contributed by atoms with E-state index in [0.29, 0.717) is 0 Å². The summed E-state index contributed by atoms with van der Waals surface area (Å²) in [5, 5.41) is 7.57. The van der Waals surface area contributed by atoms with E-state index < -0.39 is 0 Å². The molecular formula is C38H26. The Morgan fingerprint density at radius 2 is 0.921 bits per heavy atom. The molecule has 0 bridgehead atoms. The third-order valence-electron chi connectivity index (χ3n) is 7.61. The van der Waals surface area contributed by atoms with Crippen LogP contribution in [0.3, 0.4) is 0 Å². The average molecular weight is 483 g/mol. The van der Waals surface area contributed by atoms with Gasteiger partial charge in [-0.1, -0.05) is 140 Å². The summed E-state index contributed by atoms with van der Waals surface area (Å²) in [4.78, 5) is 0. The number of benzene rings is 7. The molecule has 0 aliphatic carbocycles. The van der Waals surface area contributed by atoms with Gasteiger partial charge < -0.3 is 0 Å². The Hall–Kier alpha value is -4.94. The van der Waals surface area contributed by atoms with Crippen LogP contribution < -0.4 is 0 Å². The third kappa shape index (κ3) is 3.62. The third-order valence-corrected chi connectivity index (χ3v) is 7.61. The predicted molar refractivity (Wildman–Crippen MR) is 165 cm³/mol. The molecule has 0 atom stereocenters. The lowest BCUT2D eigenvalue weighted by Gasteiger charge is -2.20. The zero-order valence-corrected chi connectivity index (χ0v) is 21.1. The molecule has 0 nitrogen and oxygen atoms in total. The van der Waals surface area contributed by atoms with Crippen LogP contribution in [0, 0.1) is 0 Å². The minimum absolute atomic E-state index is 1.13. The molecular weight excluding hydrogens is 456 g/mol. The van der Waals surface area contributed by atoms with Crippen LogP contribution >= 0.6 is 0 Å². The maximum atomic E-state index is 3.95. The van der Waals surface area contributed by atoms with Crippen molar-refractivity contribution in [3.8, 4) is 33.4 Å². The number of rotatable bonds is 4. The Bertz CT molecular complexity index is 1960. The summed E-state index contributed by atoms with van der Waals surface area (Å²) in [6.07, 6.45) is 1.90. The van der Waals surface area contributed by atoms with E-state index in [1.807, 2.05) is 6.08 Å². The predicted octanol–water partition coefficient (Wildman–Crippen LogP) is 10.8. The Morgan fingerprint density at radius 3 is 1.58 bits per heavy atom. The Morgan fingerprint density at radius 1 is 0.395 bits per heavy atom. The standard InChI is InChI=1S/C38H26/c1-2-26-20-22-28(23-21-26)37-33-18-10-11-19-34(33)38(36-25-30-15-7-6-14-29(30)24-35(36)37)32-17-9-8-16-31(32)27-12-4-3-5-13-27/h2-25H,1H2. The highest BCUT2D eigenvalue weighted by molar-refractivity contribution is 6.24. The van der Waals surface area contributed by atoms with Crippen LogP contribution in [0.5, 0.6) is 0 Å². The van der Waals surface area contributed by atoms with Crippen LogP contribution in [0.4, 0.5) is 0 Å². The molecule has 0 aliphatic rings. The second kappa shape index (κ2) is 9.18. The molecule has 0 aliphatic heterocycles. The SMILES string of the molecule is C=Cc1ccc(-c2c3ccccc3c(-c3ccccc3-c3ccccc3)c3cc4ccccc4cc23)cc1. The van der Waals surface area contributed by atoms with Crippen molar-refractivity contribution < 1.29 is 0 Å². The number of hydrogen-bond acceptors (Lipinski definition) is 0. The smallest absolute Gasteiger partial charge is 0.00199 e. The normalized spacial score (nSPS) is 11.3. The van der Waals surface area contributed by atoms with Gasteiger partial charge in [0.1, 0.15) is 0 Å². The molecule has 7 aromatic carbocycles. The van der Waals surface area contributed by atoms with Crippen molar-refractivity contribution in [1.82, 2.24) is 0 Å². The monoisotopic (exact) mass is 482 g/mol. The van der Waals surface area contributed by atoms with Gasteiger partial charge in [0.25, 0.3) is 0 Å². The van der Waals surface area contributed by atoms with E-state index >= 15 is 0 Å². The molecule has 38 heavy (non-hydrogen) atoms. The lowest BCUT2D eigenvalue weighted by molar-refractivity contribution is 1.61. The van der Waals surface area contributed by atoms with Gasteiger partial charge in [0.15, 0.2) is 0 Å². The quantitative estimate of drug-likeness (QED) is 0.219. The van der Waals surface area contributed by atoms with Gasteiger partial charge in [0.05, 0.1) is 0 Å². The lowest BCUT2D eigenvalue weighted by Crippen LogP contribution is -1.93. The topological polar surface area (TPSA) is 0 Å². The summed E-state index contributed by atoms with van der Waals surface area (Å²) < 4.78 is 0. The van der Waals surface area contributed by atoms with Gasteiger partial charge in [-0.15, -0.1) is 0 Å². The largest absolute Gasteiger partial charge is 0.0985 e. The fraction of sp³-hybridized carbons (Fsp3) is 0. The number of fused-ring (bicyclic) bond motifs is 3. The summed E-state index contributed by atoms with van der Waals surface area (Å²) >= 11 is 0. The molecule has 0 aromatic heterocycles. The minimum Gasteiger partial charge on any atom is -0.0985 e. The first kappa shape index (κ1) is 22.3. The molecule has 0 heterocycles. The van der Waals surface area contributed by atoms with E-state index in [0.717, 1.165) is 5.56 Å². The summed E-state index contributed by atoms with van der Waals surface area (Å²) in [5.41, 5.74) is 8.63. The van der Waals surface area contributed by atoms with Gasteiger partial charge in [0.2, 0.25) is 0 Å². The Labute approximate surface area is 223 Å². The van der Waals surface area contributed by atoms with E-state index in [-0.39, 0.29) is 0 Å². The Kier molecular flexibility index (Phi) is 5.38. The van der Waals surface area contributed by atoms with Crippen molar-refractivity contribution in [1.29, 1.82) is 0 Å². The zero-order valence-electron chi connectivity index (χ0n) is 21.1. The Balaban J connectivity index is 1.67. The summed E-state index contributed by atoms with van der Waals surface area (Å²) in [5.74, 6) is 0. The minimum atomic E-state index is 1.13. The summed E-state index contributed by atoms with van der Waals surface area (Å²) in [7, 11) is 0. The molecule has 0 fully saturated rings. The molecule has 0 radical (unpaired) electrons. The van der Waals surface area contributed by atoms with Crippen molar-refractivity contribution in [3.05, 3.63) is 152 Å². The molecule has 0 saturated carbocycles. The van der Waals surface area contributed by atoms with E-state index in [4.69, 9.17) is 0 Å². The van der Waals surface area contributed by atoms with Crippen molar-refractivity contribution in [2.24, 2.45) is 0 Å². The molecule has 0 spiro atoms. The van der Waals surface area contributed by atoms with E-state index in [2.05, 4.69) is 146 Å². The van der Waals surface area contributed by atoms with E-state index in [1.165, 1.54) is 65.7 Å². The van der Waals surface area contributed by atoms with Crippen LogP contribution in [0.25, 0.3) is 71.8 Å². The highest BCUT2D eigenvalue weighted by Crippen LogP contribution is 2.47. The van der Waals surface area contributed by atoms with Gasteiger partial charge in [-0.3, -0.25) is 0 Å². The maximum Gasteiger partial charge on any atom is -0.00199 e. The van der Waals surface area contributed by atoms with Crippen LogP contribution in [-0.4, -0.2) is 0 Å². The van der Waals surface area contributed by atoms with Crippen LogP contribution in [0.1, 0.15) is 5.56 Å². The van der Waals surface area contributed by atoms with Crippen LogP contribution in [0.15, 0.2) is 146 Å². The van der Waals surface area contributed by atoms with Crippen molar-refractivity contribution in [2.45, 2.75) is 0 Å². The fourth-order valence-electron chi connectivity index (χ4n) is 5.82. The van der Waals surface area contributed by atoms with Crippen molar-refractivity contribution >= 4 is 38.4 Å². The van der Waals surface area contributed by atoms with Crippen LogP contribution in [0.2, 0.25) is 0 Å². The van der Waals surface area contributed by atoms with Gasteiger partial charge in [0, 0.05) is 0 Å². The van der Waals surface area contributed by atoms with Crippen LogP contribution in [-0.2, 0) is 0 Å². The average Bonchev–Trinajstić information content (AvgIpc) is 2.99. The molecule has 178 valence electrons. The van der Waals surface area contributed by atoms with Gasteiger partial charge in [-0.2, -0.15) is 0 Å². The van der Waals surface area contributed by atoms with Gasteiger partial charge in [-0.25, -0.2) is 0 Å². The molecule has 0 N–H and O–H groups in total. The zero-order chi connectivity index (χ0) is 25.5. The van der Waals surface area contributed by atoms with Crippen molar-refractivity contribution in [2.75, 3.05) is 0 Å². The molecule has 0 saturated heterocycles. The first-order chi connectivity index (χ1) is 18.8. The molecule has 0 heteroatoms. The second-order valence-corrected chi connectivity index (χ2v) is 9.78. The molecule has 7 rings (SSSR count). The van der Waals surface area contributed by atoms with E-state index in [1.54, 1.807) is 0 Å². The number of hydrogen-bond donors (Lipinski definition) is 0.